The average molecular weight is 1300 g/mol. The maximum absolute atomic E-state index is 13.5. The maximum atomic E-state index is 13.5. The molecular weight excluding hydrogens is 1190 g/mol. The third-order valence-electron chi connectivity index (χ3n) is 23.9. The minimum Gasteiger partial charge on any atom is -0.459 e. The van der Waals surface area contributed by atoms with Gasteiger partial charge in [-0.2, -0.15) is 0 Å². The molecule has 0 unspecified atom stereocenters. The number of aliphatic hydroxyl groups is 11. The number of esters is 3. The summed E-state index contributed by atoms with van der Waals surface area (Å²) in [6, 6.07) is 0. The van der Waals surface area contributed by atoms with Crippen LogP contribution in [-0.4, -0.2) is 235 Å². The Hall–Kier alpha value is -3.13. The van der Waals surface area contributed by atoms with Crippen LogP contribution in [0.2, 0.25) is 0 Å². The summed E-state index contributed by atoms with van der Waals surface area (Å²) in [6.45, 7) is 24.4. The molecule has 0 bridgehead atoms. The molecule has 8 fully saturated rings. The summed E-state index contributed by atoms with van der Waals surface area (Å²) in [6.07, 6.45) is -23.5. The molecule has 0 spiro atoms. The van der Waals surface area contributed by atoms with Crippen molar-refractivity contribution in [3.63, 3.8) is 0 Å². The Kier molecular flexibility index (Phi) is 21.4. The zero-order chi connectivity index (χ0) is 67.2. The van der Waals surface area contributed by atoms with Gasteiger partial charge in [0.15, 0.2) is 37.4 Å². The molecule has 0 radical (unpaired) electrons. The quantitative estimate of drug-likeness (QED) is 0.0346. The van der Waals surface area contributed by atoms with Gasteiger partial charge in [0.1, 0.15) is 85.5 Å². The van der Waals surface area contributed by atoms with Crippen LogP contribution in [0.1, 0.15) is 148 Å². The van der Waals surface area contributed by atoms with E-state index in [-0.39, 0.29) is 40.8 Å². The fourth-order valence-corrected chi connectivity index (χ4v) is 18.0. The zero-order valence-corrected chi connectivity index (χ0v) is 55.2. The molecule has 0 aromatic heterocycles. The van der Waals surface area contributed by atoms with E-state index in [2.05, 4.69) is 40.7 Å². The molecule has 30 atom stereocenters. The van der Waals surface area contributed by atoms with Crippen molar-refractivity contribution in [3.05, 3.63) is 34.9 Å². The highest BCUT2D eigenvalue weighted by Gasteiger charge is 2.72. The Morgan fingerprint density at radius 3 is 1.69 bits per heavy atom. The van der Waals surface area contributed by atoms with Crippen LogP contribution in [0.5, 0.6) is 0 Å². The molecule has 25 nitrogen and oxygen atoms in total. The van der Waals surface area contributed by atoms with Crippen molar-refractivity contribution in [2.45, 2.75) is 289 Å². The van der Waals surface area contributed by atoms with E-state index >= 15 is 0 Å². The van der Waals surface area contributed by atoms with E-state index in [9.17, 15) is 70.6 Å². The van der Waals surface area contributed by atoms with E-state index in [1.54, 1.807) is 46.8 Å². The third kappa shape index (κ3) is 12.5. The molecule has 5 aliphatic carbocycles. The highest BCUT2D eigenvalue weighted by Crippen LogP contribution is 2.76. The van der Waals surface area contributed by atoms with Crippen molar-refractivity contribution >= 4 is 17.9 Å². The molecule has 4 saturated carbocycles. The van der Waals surface area contributed by atoms with Crippen molar-refractivity contribution in [3.8, 4) is 0 Å². The van der Waals surface area contributed by atoms with Crippen LogP contribution in [0.4, 0.5) is 0 Å². The van der Waals surface area contributed by atoms with Crippen molar-refractivity contribution < 1.29 is 123 Å². The van der Waals surface area contributed by atoms with E-state index in [1.165, 1.54) is 19.4 Å². The Morgan fingerprint density at radius 2 is 1.10 bits per heavy atom. The number of carbonyl (C=O) groups is 3. The normalized spacial score (nSPS) is 49.0. The lowest BCUT2D eigenvalue weighted by atomic mass is 9.33. The lowest BCUT2D eigenvalue weighted by Gasteiger charge is -2.72. The molecule has 0 aromatic carbocycles. The standard InChI is InChI=1S/C66H104O25/c1-15-29(3)55(79)87-49-32(6)82-59(48(78)51(49)88-56(80)30(4)16-2)91-53-54(83-33(7)70)66(28-69)24-23-64(13)34(35(66)25-61(53,8)9)17-18-39-63(12)21-20-40(62(10,11)38(63)19-22-65(39,64)14)86-60-52(90-58-47(77)45(75)42(72)36(26-67)84-58)50(43(73)37(27-68)85-60)89-57-46(76)44(74)41(71)31(5)81-57/h15-17,31-32,35-54,57-60,67-69,71-78H,18-28H2,1-14H3/b29-15+,30-16-/t31-,32+,35-,36+,37+,38-,39+,40-,41-,42-,43+,44+,45-,46+,47+,48+,49-,50-,51+,52+,53-,54-,57-,58-,59-,60-,63-,64+,65+,66-/m0/s1. The highest BCUT2D eigenvalue weighted by molar-refractivity contribution is 5.88. The number of fused-ring (bicyclic) bond motifs is 7. The summed E-state index contributed by atoms with van der Waals surface area (Å²) in [5, 5.41) is 122. The summed E-state index contributed by atoms with van der Waals surface area (Å²) in [7, 11) is 0. The lowest BCUT2D eigenvalue weighted by Crippen LogP contribution is -2.70. The van der Waals surface area contributed by atoms with Crippen LogP contribution in [0, 0.1) is 50.2 Å². The van der Waals surface area contributed by atoms with Gasteiger partial charge in [0, 0.05) is 23.5 Å². The molecule has 11 N–H and O–H groups in total. The molecule has 4 saturated heterocycles. The number of allylic oxidation sites excluding steroid dienone is 4. The van der Waals surface area contributed by atoms with Gasteiger partial charge >= 0.3 is 17.9 Å². The molecular formula is C66H104O25. The SMILES string of the molecule is C/C=C(/C)C(=O)O[C@@H]1[C@@H](O)[C@H](O[C@H]2[C@H](OC(C)=O)[C@]3(CO)CC[C@]4(C)C(=CC[C@@H]5[C@@]6(C)CC[C@H](O[C@@H]7O[C@H](CO)[C@@H](O)[C@H](O[C@@H]8O[C@@H](C)[C@H](O)[C@@H](O)[C@H]8O)[C@H]7O[C@@H]7O[C@H](CO)[C@H](O)[C@H](O)[C@H]7O)C(C)(C)[C@@H]6CC[C@]54C)[C@@H]3CC2(C)C)O[C@H](C)[C@@H]1OC(=O)/C(C)=C/C. The van der Waals surface area contributed by atoms with Crippen molar-refractivity contribution in [2.75, 3.05) is 19.8 Å². The van der Waals surface area contributed by atoms with Crippen LogP contribution in [-0.2, 0) is 66.5 Å². The average Bonchev–Trinajstić information content (AvgIpc) is 0.675. The molecule has 518 valence electrons. The molecule has 0 aromatic rings. The largest absolute Gasteiger partial charge is 0.459 e. The van der Waals surface area contributed by atoms with Gasteiger partial charge in [-0.3, -0.25) is 4.79 Å². The minimum atomic E-state index is -1.92. The molecule has 9 aliphatic rings. The van der Waals surface area contributed by atoms with Crippen molar-refractivity contribution in [1.29, 1.82) is 0 Å². The number of ether oxygens (including phenoxy) is 11. The molecule has 91 heavy (non-hydrogen) atoms. The van der Waals surface area contributed by atoms with Gasteiger partial charge < -0.3 is 108 Å². The van der Waals surface area contributed by atoms with Gasteiger partial charge in [-0.25, -0.2) is 9.59 Å². The summed E-state index contributed by atoms with van der Waals surface area (Å²) in [5.41, 5.74) is -1.81. The second-order valence-electron chi connectivity index (χ2n) is 29.7. The maximum Gasteiger partial charge on any atom is 0.333 e. The Bertz CT molecular complexity index is 2700. The third-order valence-corrected chi connectivity index (χ3v) is 23.9. The number of aliphatic hydroxyl groups excluding tert-OH is 11. The van der Waals surface area contributed by atoms with E-state index in [0.29, 0.717) is 44.1 Å². The van der Waals surface area contributed by atoms with Crippen LogP contribution >= 0.6 is 0 Å². The first-order valence-electron chi connectivity index (χ1n) is 32.6. The fraction of sp³-hybridized carbons (Fsp3) is 0.864. The molecule has 0 amide bonds. The van der Waals surface area contributed by atoms with Gasteiger partial charge in [-0.1, -0.05) is 72.3 Å². The summed E-state index contributed by atoms with van der Waals surface area (Å²) in [4.78, 5) is 40.0. The Morgan fingerprint density at radius 1 is 0.549 bits per heavy atom. The first-order valence-corrected chi connectivity index (χ1v) is 32.6. The fourth-order valence-electron chi connectivity index (χ4n) is 18.0. The Balaban J connectivity index is 0.996. The van der Waals surface area contributed by atoms with Gasteiger partial charge in [0.2, 0.25) is 0 Å². The molecule has 25 heteroatoms. The predicted octanol–water partition coefficient (Wildman–Crippen LogP) is 2.04. The molecule has 9 rings (SSSR count). The van der Waals surface area contributed by atoms with Gasteiger partial charge in [0.05, 0.1) is 38.1 Å². The van der Waals surface area contributed by atoms with E-state index in [1.807, 2.05) is 13.8 Å². The van der Waals surface area contributed by atoms with Crippen molar-refractivity contribution in [2.24, 2.45) is 50.2 Å². The number of carbonyl (C=O) groups excluding carboxylic acids is 3. The van der Waals surface area contributed by atoms with Gasteiger partial charge in [0.25, 0.3) is 0 Å². The number of hydrogen-bond donors (Lipinski definition) is 11. The topological polar surface area (TPSA) is 375 Å². The number of hydrogen-bond acceptors (Lipinski definition) is 25. The summed E-state index contributed by atoms with van der Waals surface area (Å²) in [5.74, 6) is -2.18. The molecule has 4 aliphatic heterocycles. The molecule has 4 heterocycles. The van der Waals surface area contributed by atoms with E-state index < -0.39 is 194 Å². The van der Waals surface area contributed by atoms with Crippen molar-refractivity contribution in [1.82, 2.24) is 0 Å². The smallest absolute Gasteiger partial charge is 0.333 e. The predicted molar refractivity (Wildman–Crippen MR) is 319 cm³/mol. The first-order chi connectivity index (χ1) is 42.6. The lowest BCUT2D eigenvalue weighted by molar-refractivity contribution is -0.398. The van der Waals surface area contributed by atoms with E-state index in [4.69, 9.17) is 52.1 Å². The Labute approximate surface area is 533 Å². The second kappa shape index (κ2) is 27.1. The summed E-state index contributed by atoms with van der Waals surface area (Å²) >= 11 is 0. The van der Waals surface area contributed by atoms with Crippen LogP contribution in [0.25, 0.3) is 0 Å². The van der Waals surface area contributed by atoms with Gasteiger partial charge in [-0.15, -0.1) is 0 Å². The van der Waals surface area contributed by atoms with Gasteiger partial charge in [-0.05, 0) is 138 Å². The van der Waals surface area contributed by atoms with Crippen LogP contribution in [0.3, 0.4) is 0 Å². The zero-order valence-electron chi connectivity index (χ0n) is 55.2. The van der Waals surface area contributed by atoms with Crippen LogP contribution in [0.15, 0.2) is 34.9 Å². The van der Waals surface area contributed by atoms with E-state index in [0.717, 1.165) is 12.8 Å². The first kappa shape index (κ1) is 72.1. The summed E-state index contributed by atoms with van der Waals surface area (Å²) < 4.78 is 69.1. The highest BCUT2D eigenvalue weighted by atomic mass is 16.8. The second-order valence-corrected chi connectivity index (χ2v) is 29.7. The minimum absolute atomic E-state index is 0.0187. The monoisotopic (exact) mass is 1300 g/mol. The number of rotatable bonds is 16. The van der Waals surface area contributed by atoms with Crippen LogP contribution < -0.4 is 0 Å².